The minimum absolute atomic E-state index is 0.0313. The SMILES string of the molecule is CC(C)(C)OC(=O)NC1CC(CCCO)CN(CCO)C1. The number of alkyl carbamates (subject to hydrolysis) is 1. The predicted octanol–water partition coefficient (Wildman–Crippen LogP) is 0.966. The molecule has 2 atom stereocenters. The summed E-state index contributed by atoms with van der Waals surface area (Å²) in [6.45, 7) is 8.10. The summed E-state index contributed by atoms with van der Waals surface area (Å²) in [5.41, 5.74) is -0.500. The van der Waals surface area contributed by atoms with Crippen LogP contribution in [0.4, 0.5) is 4.79 Å². The zero-order chi connectivity index (χ0) is 15.9. The molecule has 0 saturated carbocycles. The van der Waals surface area contributed by atoms with Gasteiger partial charge in [0.15, 0.2) is 0 Å². The van der Waals surface area contributed by atoms with Gasteiger partial charge in [0.05, 0.1) is 6.61 Å². The van der Waals surface area contributed by atoms with Crippen LogP contribution in [0.25, 0.3) is 0 Å². The minimum atomic E-state index is -0.500. The topological polar surface area (TPSA) is 82.0 Å². The van der Waals surface area contributed by atoms with Crippen LogP contribution < -0.4 is 5.32 Å². The lowest BCUT2D eigenvalue weighted by atomic mass is 9.90. The van der Waals surface area contributed by atoms with E-state index in [1.54, 1.807) is 0 Å². The molecular weight excluding hydrogens is 272 g/mol. The molecule has 1 rings (SSSR count). The van der Waals surface area contributed by atoms with Crippen LogP contribution >= 0.6 is 0 Å². The zero-order valence-electron chi connectivity index (χ0n) is 13.5. The van der Waals surface area contributed by atoms with Crippen LogP contribution in [0.1, 0.15) is 40.0 Å². The Morgan fingerprint density at radius 1 is 1.29 bits per heavy atom. The number of ether oxygens (including phenoxy) is 1. The first kappa shape index (κ1) is 18.2. The van der Waals surface area contributed by atoms with Crippen molar-refractivity contribution in [2.75, 3.05) is 32.8 Å². The fraction of sp³-hybridized carbons (Fsp3) is 0.933. The Morgan fingerprint density at radius 3 is 2.57 bits per heavy atom. The maximum atomic E-state index is 11.9. The Labute approximate surface area is 127 Å². The summed E-state index contributed by atoms with van der Waals surface area (Å²) in [6, 6.07) is 0.0313. The van der Waals surface area contributed by atoms with Crippen molar-refractivity contribution in [2.45, 2.75) is 51.7 Å². The number of carbonyl (C=O) groups is 1. The van der Waals surface area contributed by atoms with Crippen molar-refractivity contribution in [1.29, 1.82) is 0 Å². The molecular formula is C15H30N2O4. The summed E-state index contributed by atoms with van der Waals surface area (Å²) < 4.78 is 5.29. The lowest BCUT2D eigenvalue weighted by molar-refractivity contribution is 0.0433. The van der Waals surface area contributed by atoms with Crippen molar-refractivity contribution < 1.29 is 19.7 Å². The van der Waals surface area contributed by atoms with Gasteiger partial charge in [-0.1, -0.05) is 0 Å². The van der Waals surface area contributed by atoms with Gasteiger partial charge in [0.1, 0.15) is 5.60 Å². The number of hydrogen-bond acceptors (Lipinski definition) is 5. The quantitative estimate of drug-likeness (QED) is 0.681. The van der Waals surface area contributed by atoms with E-state index in [0.29, 0.717) is 12.5 Å². The Morgan fingerprint density at radius 2 is 2.00 bits per heavy atom. The predicted molar refractivity (Wildman–Crippen MR) is 81.1 cm³/mol. The first-order chi connectivity index (χ1) is 9.84. The van der Waals surface area contributed by atoms with Gasteiger partial charge in [0, 0.05) is 32.3 Å². The van der Waals surface area contributed by atoms with E-state index in [1.165, 1.54) is 0 Å². The highest BCUT2D eigenvalue weighted by atomic mass is 16.6. The molecule has 0 aliphatic carbocycles. The molecule has 0 aromatic carbocycles. The van der Waals surface area contributed by atoms with E-state index in [2.05, 4.69) is 10.2 Å². The summed E-state index contributed by atoms with van der Waals surface area (Å²) in [6.07, 6.45) is 2.21. The maximum absolute atomic E-state index is 11.9. The van der Waals surface area contributed by atoms with Gasteiger partial charge in [-0.15, -0.1) is 0 Å². The molecule has 3 N–H and O–H groups in total. The van der Waals surface area contributed by atoms with Crippen molar-refractivity contribution in [3.63, 3.8) is 0 Å². The van der Waals surface area contributed by atoms with E-state index in [0.717, 1.165) is 32.4 Å². The third-order valence-electron chi connectivity index (χ3n) is 3.52. The molecule has 0 aromatic rings. The number of piperidine rings is 1. The third-order valence-corrected chi connectivity index (χ3v) is 3.52. The molecule has 1 aliphatic heterocycles. The van der Waals surface area contributed by atoms with E-state index in [1.807, 2.05) is 20.8 Å². The molecule has 1 fully saturated rings. The van der Waals surface area contributed by atoms with Gasteiger partial charge in [-0.25, -0.2) is 4.79 Å². The first-order valence-corrected chi connectivity index (χ1v) is 7.77. The summed E-state index contributed by atoms with van der Waals surface area (Å²) >= 11 is 0. The van der Waals surface area contributed by atoms with E-state index >= 15 is 0 Å². The molecule has 1 aliphatic rings. The molecule has 0 bridgehead atoms. The largest absolute Gasteiger partial charge is 0.444 e. The van der Waals surface area contributed by atoms with Crippen molar-refractivity contribution in [1.82, 2.24) is 10.2 Å². The van der Waals surface area contributed by atoms with Crippen LogP contribution in [0.2, 0.25) is 0 Å². The molecule has 0 spiro atoms. The molecule has 0 aromatic heterocycles. The number of β-amino-alcohol motifs (C(OH)–C–C–N with tert-alkyl or cyclic N) is 1. The van der Waals surface area contributed by atoms with Crippen LogP contribution in [0, 0.1) is 5.92 Å². The minimum Gasteiger partial charge on any atom is -0.444 e. The molecule has 1 heterocycles. The third kappa shape index (κ3) is 7.64. The van der Waals surface area contributed by atoms with Gasteiger partial charge in [-0.2, -0.15) is 0 Å². The molecule has 1 amide bonds. The molecule has 0 radical (unpaired) electrons. The Balaban J connectivity index is 2.52. The van der Waals surface area contributed by atoms with Crippen molar-refractivity contribution in [3.8, 4) is 0 Å². The lowest BCUT2D eigenvalue weighted by Crippen LogP contribution is -2.52. The van der Waals surface area contributed by atoms with Crippen molar-refractivity contribution >= 4 is 6.09 Å². The highest BCUT2D eigenvalue weighted by Gasteiger charge is 2.29. The van der Waals surface area contributed by atoms with E-state index in [4.69, 9.17) is 14.9 Å². The number of aliphatic hydroxyl groups is 2. The van der Waals surface area contributed by atoms with Crippen LogP contribution in [-0.2, 0) is 4.74 Å². The second-order valence-electron chi connectivity index (χ2n) is 6.79. The second-order valence-corrected chi connectivity index (χ2v) is 6.79. The van der Waals surface area contributed by atoms with Gasteiger partial charge < -0.3 is 20.3 Å². The standard InChI is InChI=1S/C15H30N2O4/c1-15(2,3)21-14(20)16-13-9-12(5-4-7-18)10-17(11-13)6-8-19/h12-13,18-19H,4-11H2,1-3H3,(H,16,20). The lowest BCUT2D eigenvalue weighted by Gasteiger charge is -2.38. The van der Waals surface area contributed by atoms with Crippen molar-refractivity contribution in [2.24, 2.45) is 5.92 Å². The van der Waals surface area contributed by atoms with Crippen LogP contribution in [0.3, 0.4) is 0 Å². The molecule has 2 unspecified atom stereocenters. The number of nitrogens with zero attached hydrogens (tertiary/aromatic N) is 1. The van der Waals surface area contributed by atoms with Gasteiger partial charge in [-0.05, 0) is 46.0 Å². The normalized spacial score (nSPS) is 23.9. The maximum Gasteiger partial charge on any atom is 0.407 e. The van der Waals surface area contributed by atoms with Gasteiger partial charge >= 0.3 is 6.09 Å². The average Bonchev–Trinajstić information content (AvgIpc) is 2.34. The fourth-order valence-electron chi connectivity index (χ4n) is 2.79. The van der Waals surface area contributed by atoms with E-state index in [-0.39, 0.29) is 25.3 Å². The number of aliphatic hydroxyl groups excluding tert-OH is 2. The van der Waals surface area contributed by atoms with Gasteiger partial charge in [0.25, 0.3) is 0 Å². The molecule has 124 valence electrons. The molecule has 6 heteroatoms. The number of likely N-dealkylation sites (tertiary alicyclic amines) is 1. The van der Waals surface area contributed by atoms with E-state index in [9.17, 15) is 4.79 Å². The summed E-state index contributed by atoms with van der Waals surface area (Å²) in [4.78, 5) is 14.0. The van der Waals surface area contributed by atoms with Gasteiger partial charge in [0.2, 0.25) is 0 Å². The number of hydrogen-bond donors (Lipinski definition) is 3. The Kier molecular flexibility index (Phi) is 7.42. The number of amides is 1. The molecule has 21 heavy (non-hydrogen) atoms. The van der Waals surface area contributed by atoms with Gasteiger partial charge in [-0.3, -0.25) is 4.90 Å². The first-order valence-electron chi connectivity index (χ1n) is 7.77. The number of carbonyl (C=O) groups excluding carboxylic acids is 1. The molecule has 6 nitrogen and oxygen atoms in total. The van der Waals surface area contributed by atoms with E-state index < -0.39 is 5.60 Å². The van der Waals surface area contributed by atoms with Crippen LogP contribution in [0.5, 0.6) is 0 Å². The van der Waals surface area contributed by atoms with Crippen molar-refractivity contribution in [3.05, 3.63) is 0 Å². The molecule has 1 saturated heterocycles. The number of nitrogens with one attached hydrogen (secondary N) is 1. The smallest absolute Gasteiger partial charge is 0.407 e. The summed E-state index contributed by atoms with van der Waals surface area (Å²) in [5.74, 6) is 0.428. The second kappa shape index (κ2) is 8.56. The summed E-state index contributed by atoms with van der Waals surface area (Å²) in [7, 11) is 0. The Bertz CT molecular complexity index is 317. The highest BCUT2D eigenvalue weighted by Crippen LogP contribution is 2.21. The number of rotatable bonds is 6. The van der Waals surface area contributed by atoms with Crippen LogP contribution in [-0.4, -0.2) is 65.7 Å². The highest BCUT2D eigenvalue weighted by molar-refractivity contribution is 5.68. The summed E-state index contributed by atoms with van der Waals surface area (Å²) in [5, 5.41) is 21.0. The Hall–Kier alpha value is -0.850. The van der Waals surface area contributed by atoms with Crippen LogP contribution in [0.15, 0.2) is 0 Å². The zero-order valence-corrected chi connectivity index (χ0v) is 13.5. The fourth-order valence-corrected chi connectivity index (χ4v) is 2.79. The average molecular weight is 302 g/mol. The monoisotopic (exact) mass is 302 g/mol.